The summed E-state index contributed by atoms with van der Waals surface area (Å²) in [4.78, 5) is 9.00. The predicted octanol–water partition coefficient (Wildman–Crippen LogP) is 3.75. The summed E-state index contributed by atoms with van der Waals surface area (Å²) in [5.74, 6) is 0.631. The molecule has 1 aliphatic heterocycles. The zero-order chi connectivity index (χ0) is 20.1. The summed E-state index contributed by atoms with van der Waals surface area (Å²) in [5, 5.41) is 23.5. The van der Waals surface area contributed by atoms with Gasteiger partial charge in [0.05, 0.1) is 12.7 Å². The summed E-state index contributed by atoms with van der Waals surface area (Å²) in [6, 6.07) is 16.1. The molecule has 0 aliphatic carbocycles. The number of nitrogens with one attached hydrogen (secondary N) is 1. The summed E-state index contributed by atoms with van der Waals surface area (Å²) >= 11 is 3.05. The number of hydrogen-bond acceptors (Lipinski definition) is 8. The van der Waals surface area contributed by atoms with Gasteiger partial charge in [-0.3, -0.25) is 0 Å². The molecule has 0 spiro atoms. The molecule has 1 aliphatic rings. The third-order valence-electron chi connectivity index (χ3n) is 4.92. The third-order valence-corrected chi connectivity index (χ3v) is 6.94. The summed E-state index contributed by atoms with van der Waals surface area (Å²) in [6.07, 6.45) is 1.37. The van der Waals surface area contributed by atoms with Crippen LogP contribution in [-0.2, 0) is 13.2 Å². The molecule has 29 heavy (non-hydrogen) atoms. The molecular weight excluding hydrogens is 404 g/mol. The lowest BCUT2D eigenvalue weighted by molar-refractivity contribution is 0.145. The van der Waals surface area contributed by atoms with E-state index in [-0.39, 0.29) is 12.7 Å². The number of piperidine rings is 1. The smallest absolute Gasteiger partial charge is 0.236 e. The van der Waals surface area contributed by atoms with E-state index in [2.05, 4.69) is 31.7 Å². The molecule has 1 aromatic heterocycles. The van der Waals surface area contributed by atoms with Crippen LogP contribution in [0.3, 0.4) is 0 Å². The topological polar surface area (TPSA) is 81.5 Å². The van der Waals surface area contributed by atoms with Gasteiger partial charge in [-0.05, 0) is 36.1 Å². The molecule has 0 unspecified atom stereocenters. The third kappa shape index (κ3) is 5.08. The average Bonchev–Trinajstić information content (AvgIpc) is 3.23. The van der Waals surface area contributed by atoms with Crippen LogP contribution in [0.2, 0.25) is 0 Å². The van der Waals surface area contributed by atoms with Gasteiger partial charge < -0.3 is 20.4 Å². The van der Waals surface area contributed by atoms with Crippen LogP contribution in [0.1, 0.15) is 24.0 Å². The van der Waals surface area contributed by atoms with Crippen LogP contribution in [0.15, 0.2) is 58.3 Å². The molecule has 1 saturated heterocycles. The molecule has 1 fully saturated rings. The fraction of sp³-hybridized carbons (Fsp3) is 0.333. The Morgan fingerprint density at radius 3 is 2.41 bits per heavy atom. The van der Waals surface area contributed by atoms with Crippen molar-refractivity contribution >= 4 is 34.4 Å². The molecule has 0 bridgehead atoms. The van der Waals surface area contributed by atoms with Gasteiger partial charge in [0.25, 0.3) is 0 Å². The van der Waals surface area contributed by atoms with Crippen molar-refractivity contribution in [3.63, 3.8) is 0 Å². The molecule has 0 atom stereocenters. The Kier molecular flexibility index (Phi) is 6.66. The second kappa shape index (κ2) is 9.58. The van der Waals surface area contributed by atoms with E-state index in [1.54, 1.807) is 11.8 Å². The van der Waals surface area contributed by atoms with Crippen molar-refractivity contribution in [1.82, 2.24) is 9.36 Å². The molecule has 2 aromatic carbocycles. The maximum absolute atomic E-state index is 9.67. The first-order valence-corrected chi connectivity index (χ1v) is 11.3. The van der Waals surface area contributed by atoms with E-state index in [0.717, 1.165) is 52.0 Å². The van der Waals surface area contributed by atoms with Crippen molar-refractivity contribution in [3.8, 4) is 0 Å². The highest BCUT2D eigenvalue weighted by Gasteiger charge is 2.20. The number of nitrogens with zero attached hydrogens (tertiary/aromatic N) is 3. The van der Waals surface area contributed by atoms with E-state index >= 15 is 0 Å². The molecule has 0 saturated carbocycles. The molecule has 6 nitrogen and oxygen atoms in total. The van der Waals surface area contributed by atoms with Crippen molar-refractivity contribution in [1.29, 1.82) is 0 Å². The molecule has 8 heteroatoms. The molecule has 0 radical (unpaired) electrons. The number of aromatic nitrogens is 2. The van der Waals surface area contributed by atoms with Gasteiger partial charge in [0, 0.05) is 41.0 Å². The number of hydrogen-bond donors (Lipinski definition) is 3. The summed E-state index contributed by atoms with van der Waals surface area (Å²) in [7, 11) is 0. The molecule has 152 valence electrons. The standard InChI is InChI=1S/C21H24N4O2S2/c26-14-16-6-2-4-8-19(16)28-18-7-3-1-5-15(18)13-22-20-23-21(29-24-20)25-11-9-17(27)10-12-25/h1-8,17,26-27H,9-14H2,(H,22,24). The number of aliphatic hydroxyl groups excluding tert-OH is 2. The quantitative estimate of drug-likeness (QED) is 0.529. The zero-order valence-corrected chi connectivity index (χ0v) is 17.6. The maximum Gasteiger partial charge on any atom is 0.236 e. The minimum atomic E-state index is -0.193. The lowest BCUT2D eigenvalue weighted by atomic mass is 10.1. The Morgan fingerprint density at radius 2 is 1.69 bits per heavy atom. The van der Waals surface area contributed by atoms with Crippen molar-refractivity contribution in [2.75, 3.05) is 23.3 Å². The fourth-order valence-corrected chi connectivity index (χ4v) is 5.01. The molecular formula is C21H24N4O2S2. The lowest BCUT2D eigenvalue weighted by Crippen LogP contribution is -2.35. The van der Waals surface area contributed by atoms with Gasteiger partial charge in [-0.25, -0.2) is 0 Å². The minimum absolute atomic E-state index is 0.0304. The normalized spacial score (nSPS) is 14.9. The van der Waals surface area contributed by atoms with E-state index in [0.29, 0.717) is 12.5 Å². The first-order valence-electron chi connectivity index (χ1n) is 9.68. The number of rotatable bonds is 7. The Hall–Kier alpha value is -2.13. The SMILES string of the molecule is OCc1ccccc1Sc1ccccc1CNc1nsc(N2CCC(O)CC2)n1. The van der Waals surface area contributed by atoms with Crippen molar-refractivity contribution in [2.24, 2.45) is 0 Å². The van der Waals surface area contributed by atoms with Gasteiger partial charge in [-0.1, -0.05) is 48.2 Å². The van der Waals surface area contributed by atoms with Crippen LogP contribution >= 0.6 is 23.3 Å². The van der Waals surface area contributed by atoms with Gasteiger partial charge in [-0.15, -0.1) is 0 Å². The molecule has 4 rings (SSSR count). The van der Waals surface area contributed by atoms with Crippen molar-refractivity contribution in [2.45, 2.75) is 41.9 Å². The Balaban J connectivity index is 1.42. The Morgan fingerprint density at radius 1 is 1.03 bits per heavy atom. The van der Waals surface area contributed by atoms with Gasteiger partial charge in [-0.2, -0.15) is 9.36 Å². The number of aliphatic hydroxyl groups is 2. The van der Waals surface area contributed by atoms with E-state index in [1.165, 1.54) is 11.5 Å². The van der Waals surface area contributed by atoms with E-state index in [9.17, 15) is 10.2 Å². The molecule has 3 aromatic rings. The van der Waals surface area contributed by atoms with E-state index < -0.39 is 0 Å². The zero-order valence-electron chi connectivity index (χ0n) is 16.0. The monoisotopic (exact) mass is 428 g/mol. The van der Waals surface area contributed by atoms with Crippen molar-refractivity contribution < 1.29 is 10.2 Å². The Bertz CT molecular complexity index is 942. The predicted molar refractivity (Wildman–Crippen MR) is 118 cm³/mol. The highest BCUT2D eigenvalue weighted by Crippen LogP contribution is 2.33. The fourth-order valence-electron chi connectivity index (χ4n) is 3.25. The second-order valence-electron chi connectivity index (χ2n) is 6.95. The summed E-state index contributed by atoms with van der Waals surface area (Å²) in [6.45, 7) is 2.29. The van der Waals surface area contributed by atoms with Crippen LogP contribution in [0, 0.1) is 0 Å². The van der Waals surface area contributed by atoms with Gasteiger partial charge in [0.15, 0.2) is 0 Å². The van der Waals surface area contributed by atoms with Crippen LogP contribution in [-0.4, -0.2) is 38.8 Å². The van der Waals surface area contributed by atoms with Crippen LogP contribution in [0.4, 0.5) is 11.1 Å². The van der Waals surface area contributed by atoms with Gasteiger partial charge in [0.1, 0.15) is 0 Å². The van der Waals surface area contributed by atoms with Gasteiger partial charge in [0.2, 0.25) is 11.1 Å². The minimum Gasteiger partial charge on any atom is -0.393 e. The highest BCUT2D eigenvalue weighted by atomic mass is 32.2. The van der Waals surface area contributed by atoms with Gasteiger partial charge >= 0.3 is 0 Å². The first kappa shape index (κ1) is 20.2. The first-order chi connectivity index (χ1) is 14.2. The lowest BCUT2D eigenvalue weighted by Gasteiger charge is -2.28. The van der Waals surface area contributed by atoms with E-state index in [4.69, 9.17) is 0 Å². The molecule has 3 N–H and O–H groups in total. The van der Waals surface area contributed by atoms with Crippen LogP contribution in [0.25, 0.3) is 0 Å². The molecule has 0 amide bonds. The number of anilines is 2. The second-order valence-corrected chi connectivity index (χ2v) is 8.76. The maximum atomic E-state index is 9.67. The number of benzene rings is 2. The summed E-state index contributed by atoms with van der Waals surface area (Å²) < 4.78 is 4.44. The Labute approximate surface area is 178 Å². The highest BCUT2D eigenvalue weighted by molar-refractivity contribution is 7.99. The largest absolute Gasteiger partial charge is 0.393 e. The van der Waals surface area contributed by atoms with Crippen LogP contribution < -0.4 is 10.2 Å². The molecule has 2 heterocycles. The van der Waals surface area contributed by atoms with Crippen LogP contribution in [0.5, 0.6) is 0 Å². The average molecular weight is 429 g/mol. The van der Waals surface area contributed by atoms with Crippen molar-refractivity contribution in [3.05, 3.63) is 59.7 Å². The summed E-state index contributed by atoms with van der Waals surface area (Å²) in [5.41, 5.74) is 2.08. The van der Waals surface area contributed by atoms with E-state index in [1.807, 2.05) is 36.4 Å².